The zero-order chi connectivity index (χ0) is 20.9. The average molecular weight is 396 g/mol. The van der Waals surface area contributed by atoms with Gasteiger partial charge < -0.3 is 15.5 Å². The summed E-state index contributed by atoms with van der Waals surface area (Å²) in [5.41, 5.74) is 0.325. The third kappa shape index (κ3) is 6.83. The van der Waals surface area contributed by atoms with Gasteiger partial charge in [0.1, 0.15) is 0 Å². The smallest absolute Gasteiger partial charge is 0.236 e. The summed E-state index contributed by atoms with van der Waals surface area (Å²) in [5, 5.41) is 5.99. The molecule has 1 aromatic carbocycles. The number of amides is 2. The number of nitrogens with zero attached hydrogens (tertiary/aromatic N) is 2. The van der Waals surface area contributed by atoms with Crippen LogP contribution in [0.15, 0.2) is 18.2 Å². The fourth-order valence-corrected chi connectivity index (χ4v) is 3.07. The van der Waals surface area contributed by atoms with Crippen molar-refractivity contribution >= 4 is 11.8 Å². The van der Waals surface area contributed by atoms with Crippen molar-refractivity contribution in [2.45, 2.75) is 39.3 Å². The lowest BCUT2D eigenvalue weighted by Gasteiger charge is -2.35. The topological polar surface area (TPSA) is 64.7 Å². The first-order chi connectivity index (χ1) is 13.0. The lowest BCUT2D eigenvalue weighted by atomic mass is 10.1. The summed E-state index contributed by atoms with van der Waals surface area (Å²) in [6, 6.07) is 3.45. The highest BCUT2D eigenvalue weighted by atomic mass is 19.2. The quantitative estimate of drug-likeness (QED) is 0.768. The first-order valence-electron chi connectivity index (χ1n) is 9.54. The highest BCUT2D eigenvalue weighted by molar-refractivity contribution is 5.79. The highest BCUT2D eigenvalue weighted by Gasteiger charge is 2.24. The molecule has 1 atom stereocenters. The largest absolute Gasteiger partial charge is 0.350 e. The number of nitrogens with one attached hydrogen (secondary N) is 2. The van der Waals surface area contributed by atoms with E-state index >= 15 is 0 Å². The zero-order valence-corrected chi connectivity index (χ0v) is 17.0. The van der Waals surface area contributed by atoms with Gasteiger partial charge in [0.05, 0.1) is 13.1 Å². The SMILES string of the molecule is C[C@@H](NCC(=O)N1CCN(CC(=O)NC(C)(C)C)CC1)c1ccc(F)c(F)c1. The second-order valence-electron chi connectivity index (χ2n) is 8.23. The standard InChI is InChI=1S/C20H30F2N4O2/c1-14(15-5-6-16(21)17(22)11-15)23-12-19(28)26-9-7-25(8-10-26)13-18(27)24-20(2,3)4/h5-6,11,14,23H,7-10,12-13H2,1-4H3,(H,24,27)/t14-/m1/s1. The number of rotatable bonds is 6. The van der Waals surface area contributed by atoms with Gasteiger partial charge in [0.15, 0.2) is 11.6 Å². The molecule has 2 rings (SSSR count). The normalized spacial score (nSPS) is 16.7. The van der Waals surface area contributed by atoms with E-state index in [0.29, 0.717) is 38.3 Å². The lowest BCUT2D eigenvalue weighted by Crippen LogP contribution is -2.54. The van der Waals surface area contributed by atoms with Gasteiger partial charge in [0, 0.05) is 37.8 Å². The van der Waals surface area contributed by atoms with Crippen LogP contribution in [0.4, 0.5) is 8.78 Å². The molecule has 2 amide bonds. The van der Waals surface area contributed by atoms with E-state index in [4.69, 9.17) is 0 Å². The molecule has 1 aromatic rings. The number of carbonyl (C=O) groups excluding carboxylic acids is 2. The van der Waals surface area contributed by atoms with Crippen LogP contribution < -0.4 is 10.6 Å². The Morgan fingerprint density at radius 1 is 1.11 bits per heavy atom. The molecular formula is C20H30F2N4O2. The van der Waals surface area contributed by atoms with E-state index in [-0.39, 0.29) is 29.9 Å². The summed E-state index contributed by atoms with van der Waals surface area (Å²) in [6.07, 6.45) is 0. The number of halogens is 2. The molecule has 0 spiro atoms. The lowest BCUT2D eigenvalue weighted by molar-refractivity contribution is -0.132. The molecule has 1 saturated heterocycles. The second-order valence-corrected chi connectivity index (χ2v) is 8.23. The van der Waals surface area contributed by atoms with E-state index in [1.54, 1.807) is 11.8 Å². The Balaban J connectivity index is 1.74. The molecule has 1 fully saturated rings. The van der Waals surface area contributed by atoms with Crippen LogP contribution in [0.25, 0.3) is 0 Å². The molecule has 0 aromatic heterocycles. The van der Waals surface area contributed by atoms with Crippen LogP contribution in [-0.4, -0.2) is 66.4 Å². The Labute approximate surface area is 165 Å². The fourth-order valence-electron chi connectivity index (χ4n) is 3.07. The Hall–Kier alpha value is -2.06. The van der Waals surface area contributed by atoms with Crippen molar-refractivity contribution in [1.29, 1.82) is 0 Å². The predicted octanol–water partition coefficient (Wildman–Crippen LogP) is 1.67. The number of carbonyl (C=O) groups is 2. The maximum atomic E-state index is 13.3. The summed E-state index contributed by atoms with van der Waals surface area (Å²) in [4.78, 5) is 28.2. The van der Waals surface area contributed by atoms with E-state index in [1.807, 2.05) is 25.7 Å². The number of piperazine rings is 1. The molecule has 6 nitrogen and oxygen atoms in total. The van der Waals surface area contributed by atoms with Crippen LogP contribution in [0.3, 0.4) is 0 Å². The molecule has 156 valence electrons. The molecule has 0 radical (unpaired) electrons. The molecule has 0 saturated carbocycles. The van der Waals surface area contributed by atoms with Crippen molar-refractivity contribution in [2.75, 3.05) is 39.3 Å². The maximum Gasteiger partial charge on any atom is 0.236 e. The molecular weight excluding hydrogens is 366 g/mol. The molecule has 28 heavy (non-hydrogen) atoms. The van der Waals surface area contributed by atoms with Gasteiger partial charge in [0.2, 0.25) is 11.8 Å². The maximum absolute atomic E-state index is 13.3. The van der Waals surface area contributed by atoms with Crippen LogP contribution in [0, 0.1) is 11.6 Å². The van der Waals surface area contributed by atoms with E-state index in [0.717, 1.165) is 12.1 Å². The van der Waals surface area contributed by atoms with Crippen molar-refractivity contribution in [3.05, 3.63) is 35.4 Å². The van der Waals surface area contributed by atoms with Crippen molar-refractivity contribution in [1.82, 2.24) is 20.4 Å². The number of hydrogen-bond acceptors (Lipinski definition) is 4. The van der Waals surface area contributed by atoms with Gasteiger partial charge in [-0.15, -0.1) is 0 Å². The monoisotopic (exact) mass is 396 g/mol. The van der Waals surface area contributed by atoms with Crippen molar-refractivity contribution in [2.24, 2.45) is 0 Å². The Kier molecular flexibility index (Phi) is 7.48. The summed E-state index contributed by atoms with van der Waals surface area (Å²) < 4.78 is 26.4. The molecule has 8 heteroatoms. The van der Waals surface area contributed by atoms with Crippen molar-refractivity contribution in [3.8, 4) is 0 Å². The molecule has 1 heterocycles. The minimum atomic E-state index is -0.899. The first-order valence-corrected chi connectivity index (χ1v) is 9.54. The first kappa shape index (κ1) is 22.2. The number of benzene rings is 1. The second kappa shape index (κ2) is 9.43. The van der Waals surface area contributed by atoms with Gasteiger partial charge in [-0.25, -0.2) is 8.78 Å². The van der Waals surface area contributed by atoms with Gasteiger partial charge in [-0.05, 0) is 45.4 Å². The average Bonchev–Trinajstić information content (AvgIpc) is 2.60. The Morgan fingerprint density at radius 3 is 2.32 bits per heavy atom. The van der Waals surface area contributed by atoms with Crippen molar-refractivity contribution < 1.29 is 18.4 Å². The van der Waals surface area contributed by atoms with Crippen LogP contribution in [0.5, 0.6) is 0 Å². The minimum absolute atomic E-state index is 0.0192. The van der Waals surface area contributed by atoms with E-state index in [9.17, 15) is 18.4 Å². The highest BCUT2D eigenvalue weighted by Crippen LogP contribution is 2.15. The van der Waals surface area contributed by atoms with E-state index < -0.39 is 11.6 Å². The molecule has 0 aliphatic carbocycles. The summed E-state index contributed by atoms with van der Waals surface area (Å²) in [5.74, 6) is -1.85. The van der Waals surface area contributed by atoms with Gasteiger partial charge in [-0.3, -0.25) is 14.5 Å². The van der Waals surface area contributed by atoms with E-state index in [1.165, 1.54) is 6.07 Å². The van der Waals surface area contributed by atoms with Crippen LogP contribution in [-0.2, 0) is 9.59 Å². The van der Waals surface area contributed by atoms with Crippen molar-refractivity contribution in [3.63, 3.8) is 0 Å². The summed E-state index contributed by atoms with van der Waals surface area (Å²) >= 11 is 0. The van der Waals surface area contributed by atoms with Gasteiger partial charge in [-0.2, -0.15) is 0 Å². The Morgan fingerprint density at radius 2 is 1.75 bits per heavy atom. The van der Waals surface area contributed by atoms with Gasteiger partial charge in [0.25, 0.3) is 0 Å². The molecule has 0 unspecified atom stereocenters. The minimum Gasteiger partial charge on any atom is -0.350 e. The van der Waals surface area contributed by atoms with Gasteiger partial charge in [-0.1, -0.05) is 6.07 Å². The zero-order valence-electron chi connectivity index (χ0n) is 17.0. The molecule has 1 aliphatic rings. The van der Waals surface area contributed by atoms with E-state index in [2.05, 4.69) is 10.6 Å². The summed E-state index contributed by atoms with van der Waals surface area (Å²) in [6.45, 7) is 10.5. The molecule has 2 N–H and O–H groups in total. The van der Waals surface area contributed by atoms with Crippen LogP contribution in [0.2, 0.25) is 0 Å². The predicted molar refractivity (Wildman–Crippen MR) is 104 cm³/mol. The third-order valence-electron chi connectivity index (χ3n) is 4.61. The molecule has 0 bridgehead atoms. The molecule has 1 aliphatic heterocycles. The third-order valence-corrected chi connectivity index (χ3v) is 4.61. The fraction of sp³-hybridized carbons (Fsp3) is 0.600. The number of hydrogen-bond donors (Lipinski definition) is 2. The Bertz CT molecular complexity index is 698. The van der Waals surface area contributed by atoms with Gasteiger partial charge >= 0.3 is 0 Å². The van der Waals surface area contributed by atoms with Crippen LogP contribution >= 0.6 is 0 Å². The van der Waals surface area contributed by atoms with Crippen LogP contribution in [0.1, 0.15) is 39.3 Å². The summed E-state index contributed by atoms with van der Waals surface area (Å²) in [7, 11) is 0.